The molecule has 0 heterocycles. The Morgan fingerprint density at radius 3 is 2.31 bits per heavy atom. The molecule has 0 radical (unpaired) electrons. The van der Waals surface area contributed by atoms with E-state index in [1.807, 2.05) is 30.3 Å². The average molecular weight is 239 g/mol. The molecule has 0 nitrogen and oxygen atoms in total. The third-order valence-corrected chi connectivity index (χ3v) is 2.66. The van der Waals surface area contributed by atoms with Crippen LogP contribution in [0.2, 0.25) is 0 Å². The summed E-state index contributed by atoms with van der Waals surface area (Å²) >= 11 is 3.25. The Morgan fingerprint density at radius 2 is 1.69 bits per heavy atom. The van der Waals surface area contributed by atoms with Gasteiger partial charge >= 0.3 is 0 Å². The molecule has 0 N–H and O–H groups in total. The van der Waals surface area contributed by atoms with Gasteiger partial charge in [0.2, 0.25) is 0 Å². The molecule has 0 aliphatic carbocycles. The molecule has 0 unspecified atom stereocenters. The molecule has 0 saturated heterocycles. The summed E-state index contributed by atoms with van der Waals surface area (Å²) in [5.74, 6) is -0.143. The number of benzene rings is 2. The third kappa shape index (κ3) is 1.59. The van der Waals surface area contributed by atoms with Crippen molar-refractivity contribution in [2.75, 3.05) is 0 Å². The minimum Gasteiger partial charge on any atom is -0.207 e. The standard InChI is InChI=1S/C11H8BrF/c12-7-10-5-8-3-1-2-4-9(8)6-11(10)13/h1-6H,7H2. The Labute approximate surface area is 84.5 Å². The van der Waals surface area contributed by atoms with Crippen molar-refractivity contribution < 1.29 is 4.39 Å². The minimum absolute atomic E-state index is 0.143. The number of rotatable bonds is 1. The lowest BCUT2D eigenvalue weighted by Gasteiger charge is -2.01. The van der Waals surface area contributed by atoms with Crippen LogP contribution in [0.1, 0.15) is 5.56 Å². The van der Waals surface area contributed by atoms with E-state index in [0.717, 1.165) is 10.8 Å². The van der Waals surface area contributed by atoms with Gasteiger partial charge in [0, 0.05) is 5.33 Å². The normalized spacial score (nSPS) is 10.6. The van der Waals surface area contributed by atoms with Crippen LogP contribution >= 0.6 is 15.9 Å². The molecule has 66 valence electrons. The highest BCUT2D eigenvalue weighted by molar-refractivity contribution is 9.08. The molecular formula is C11H8BrF. The molecule has 0 fully saturated rings. The van der Waals surface area contributed by atoms with Crippen LogP contribution in [0.3, 0.4) is 0 Å². The summed E-state index contributed by atoms with van der Waals surface area (Å²) in [4.78, 5) is 0. The van der Waals surface area contributed by atoms with Crippen LogP contribution < -0.4 is 0 Å². The Kier molecular flexibility index (Phi) is 2.32. The molecule has 0 aromatic heterocycles. The van der Waals surface area contributed by atoms with Crippen LogP contribution in [0.4, 0.5) is 4.39 Å². The van der Waals surface area contributed by atoms with Gasteiger partial charge in [-0.25, -0.2) is 4.39 Å². The fourth-order valence-corrected chi connectivity index (χ4v) is 1.79. The van der Waals surface area contributed by atoms with E-state index >= 15 is 0 Å². The van der Waals surface area contributed by atoms with Crippen molar-refractivity contribution in [1.29, 1.82) is 0 Å². The summed E-state index contributed by atoms with van der Waals surface area (Å²) in [6.07, 6.45) is 0. The van der Waals surface area contributed by atoms with Crippen molar-refractivity contribution in [2.45, 2.75) is 5.33 Å². The van der Waals surface area contributed by atoms with Crippen molar-refractivity contribution in [3.05, 3.63) is 47.8 Å². The maximum absolute atomic E-state index is 13.3. The van der Waals surface area contributed by atoms with E-state index in [0.29, 0.717) is 10.9 Å². The molecular weight excluding hydrogens is 231 g/mol. The Balaban J connectivity index is 2.74. The Hall–Kier alpha value is -0.890. The summed E-state index contributed by atoms with van der Waals surface area (Å²) in [5, 5.41) is 2.59. The zero-order valence-electron chi connectivity index (χ0n) is 6.93. The summed E-state index contributed by atoms with van der Waals surface area (Å²) < 4.78 is 13.3. The first kappa shape index (κ1) is 8.70. The second-order valence-electron chi connectivity index (χ2n) is 2.92. The number of hydrogen-bond donors (Lipinski definition) is 0. The zero-order valence-corrected chi connectivity index (χ0v) is 8.51. The van der Waals surface area contributed by atoms with Crippen molar-refractivity contribution in [3.63, 3.8) is 0 Å². The average Bonchev–Trinajstić information content (AvgIpc) is 2.17. The van der Waals surface area contributed by atoms with Gasteiger partial charge in [0.15, 0.2) is 0 Å². The van der Waals surface area contributed by atoms with E-state index in [9.17, 15) is 4.39 Å². The van der Waals surface area contributed by atoms with E-state index in [1.54, 1.807) is 6.07 Å². The molecule has 2 aromatic rings. The van der Waals surface area contributed by atoms with Gasteiger partial charge in [-0.05, 0) is 28.5 Å². The summed E-state index contributed by atoms with van der Waals surface area (Å²) in [5.41, 5.74) is 0.707. The van der Waals surface area contributed by atoms with Crippen LogP contribution in [0, 0.1) is 5.82 Å². The molecule has 0 spiro atoms. The highest BCUT2D eigenvalue weighted by Gasteiger charge is 2.01. The first-order valence-corrected chi connectivity index (χ1v) is 5.16. The third-order valence-electron chi connectivity index (χ3n) is 2.06. The fraction of sp³-hybridized carbons (Fsp3) is 0.0909. The molecule has 0 amide bonds. The molecule has 2 heteroatoms. The van der Waals surface area contributed by atoms with E-state index in [-0.39, 0.29) is 5.82 Å². The number of halogens is 2. The van der Waals surface area contributed by atoms with Gasteiger partial charge in [0.25, 0.3) is 0 Å². The van der Waals surface area contributed by atoms with Crippen molar-refractivity contribution in [2.24, 2.45) is 0 Å². The maximum Gasteiger partial charge on any atom is 0.127 e. The second-order valence-corrected chi connectivity index (χ2v) is 3.49. The van der Waals surface area contributed by atoms with E-state index in [2.05, 4.69) is 15.9 Å². The molecule has 0 aliphatic heterocycles. The van der Waals surface area contributed by atoms with E-state index in [4.69, 9.17) is 0 Å². The molecule has 2 aromatic carbocycles. The van der Waals surface area contributed by atoms with Crippen molar-refractivity contribution in [3.8, 4) is 0 Å². The van der Waals surface area contributed by atoms with Crippen LogP contribution in [-0.4, -0.2) is 0 Å². The predicted molar refractivity (Wildman–Crippen MR) is 56.5 cm³/mol. The monoisotopic (exact) mass is 238 g/mol. The quantitative estimate of drug-likeness (QED) is 0.662. The Bertz CT molecular complexity index is 437. The maximum atomic E-state index is 13.3. The SMILES string of the molecule is Fc1cc2ccccc2cc1CBr. The van der Waals surface area contributed by atoms with Crippen LogP contribution in [0.15, 0.2) is 36.4 Å². The zero-order chi connectivity index (χ0) is 9.26. The summed E-state index contributed by atoms with van der Waals surface area (Å²) in [6.45, 7) is 0. The van der Waals surface area contributed by atoms with Gasteiger partial charge in [-0.3, -0.25) is 0 Å². The highest BCUT2D eigenvalue weighted by Crippen LogP contribution is 2.20. The summed E-state index contributed by atoms with van der Waals surface area (Å²) in [6, 6.07) is 11.2. The van der Waals surface area contributed by atoms with Gasteiger partial charge in [-0.15, -0.1) is 0 Å². The number of fused-ring (bicyclic) bond motifs is 1. The van der Waals surface area contributed by atoms with Crippen LogP contribution in [0.5, 0.6) is 0 Å². The fourth-order valence-electron chi connectivity index (χ4n) is 1.36. The first-order chi connectivity index (χ1) is 6.31. The van der Waals surface area contributed by atoms with Gasteiger partial charge in [-0.1, -0.05) is 40.2 Å². The van der Waals surface area contributed by atoms with Gasteiger partial charge < -0.3 is 0 Å². The summed E-state index contributed by atoms with van der Waals surface area (Å²) in [7, 11) is 0. The highest BCUT2D eigenvalue weighted by atomic mass is 79.9. The molecule has 2 rings (SSSR count). The van der Waals surface area contributed by atoms with Crippen molar-refractivity contribution in [1.82, 2.24) is 0 Å². The number of alkyl halides is 1. The smallest absolute Gasteiger partial charge is 0.127 e. The lowest BCUT2D eigenvalue weighted by atomic mass is 10.1. The first-order valence-electron chi connectivity index (χ1n) is 4.04. The number of hydrogen-bond acceptors (Lipinski definition) is 0. The van der Waals surface area contributed by atoms with Crippen LogP contribution in [-0.2, 0) is 5.33 Å². The lowest BCUT2D eigenvalue weighted by molar-refractivity contribution is 0.620. The Morgan fingerprint density at radius 1 is 1.08 bits per heavy atom. The molecule has 0 bridgehead atoms. The topological polar surface area (TPSA) is 0 Å². The largest absolute Gasteiger partial charge is 0.207 e. The second kappa shape index (κ2) is 3.46. The predicted octanol–water partition coefficient (Wildman–Crippen LogP) is 3.87. The lowest BCUT2D eigenvalue weighted by Crippen LogP contribution is -1.85. The van der Waals surface area contributed by atoms with Gasteiger partial charge in [0.05, 0.1) is 0 Å². The molecule has 0 aliphatic rings. The molecule has 0 saturated carbocycles. The molecule has 0 atom stereocenters. The molecule has 13 heavy (non-hydrogen) atoms. The van der Waals surface area contributed by atoms with Crippen LogP contribution in [0.25, 0.3) is 10.8 Å². The minimum atomic E-state index is -0.143. The van der Waals surface area contributed by atoms with Crippen molar-refractivity contribution >= 4 is 26.7 Å². The van der Waals surface area contributed by atoms with E-state index < -0.39 is 0 Å². The van der Waals surface area contributed by atoms with Gasteiger partial charge in [-0.2, -0.15) is 0 Å². The van der Waals surface area contributed by atoms with Gasteiger partial charge in [0.1, 0.15) is 5.82 Å². The van der Waals surface area contributed by atoms with E-state index in [1.165, 1.54) is 0 Å².